The molecule has 0 aromatic rings. The van der Waals surface area contributed by atoms with Crippen LogP contribution in [0.4, 0.5) is 0 Å². The van der Waals surface area contributed by atoms with Gasteiger partial charge in [0, 0.05) is 13.1 Å². The van der Waals surface area contributed by atoms with Gasteiger partial charge < -0.3 is 4.90 Å². The Morgan fingerprint density at radius 1 is 1.11 bits per heavy atom. The van der Waals surface area contributed by atoms with Crippen molar-refractivity contribution < 1.29 is 0 Å². The summed E-state index contributed by atoms with van der Waals surface area (Å²) in [6.45, 7) is 8.34. The van der Waals surface area contributed by atoms with Gasteiger partial charge in [0.25, 0.3) is 0 Å². The van der Waals surface area contributed by atoms with Crippen molar-refractivity contribution in [2.75, 3.05) is 13.1 Å². The largest absolute Gasteiger partial charge is 0.373 e. The molecular formula is C17H29N. The molecule has 0 N–H and O–H groups in total. The molecule has 1 nitrogen and oxygen atoms in total. The second kappa shape index (κ2) is 9.99. The molecule has 0 aromatic carbocycles. The van der Waals surface area contributed by atoms with E-state index in [0.717, 1.165) is 6.54 Å². The van der Waals surface area contributed by atoms with Crippen LogP contribution in [0.5, 0.6) is 0 Å². The van der Waals surface area contributed by atoms with Crippen molar-refractivity contribution in [2.24, 2.45) is 0 Å². The van der Waals surface area contributed by atoms with E-state index >= 15 is 0 Å². The molecule has 0 saturated heterocycles. The Labute approximate surface area is 113 Å². The summed E-state index contributed by atoms with van der Waals surface area (Å²) in [5, 5.41) is 0. The maximum Gasteiger partial charge on any atom is 0.0423 e. The molecule has 0 atom stereocenters. The van der Waals surface area contributed by atoms with Gasteiger partial charge in [-0.15, -0.1) is 0 Å². The summed E-state index contributed by atoms with van der Waals surface area (Å²) < 4.78 is 0. The van der Waals surface area contributed by atoms with Gasteiger partial charge in [0.15, 0.2) is 0 Å². The van der Waals surface area contributed by atoms with Gasteiger partial charge in [-0.05, 0) is 24.3 Å². The Kier molecular flexibility index (Phi) is 8.37. The van der Waals surface area contributed by atoms with Crippen LogP contribution >= 0.6 is 0 Å². The maximum atomic E-state index is 3.84. The fourth-order valence-electron chi connectivity index (χ4n) is 2.36. The Hall–Kier alpha value is -0.980. The Bertz CT molecular complexity index is 275. The van der Waals surface area contributed by atoms with E-state index in [9.17, 15) is 0 Å². The van der Waals surface area contributed by atoms with E-state index < -0.39 is 0 Å². The molecule has 1 rings (SSSR count). The third kappa shape index (κ3) is 6.68. The average Bonchev–Trinajstić information content (AvgIpc) is 2.42. The zero-order valence-corrected chi connectivity index (χ0v) is 12.0. The van der Waals surface area contributed by atoms with Gasteiger partial charge in [-0.25, -0.2) is 0 Å². The lowest BCUT2D eigenvalue weighted by atomic mass is 10.1. The van der Waals surface area contributed by atoms with Gasteiger partial charge in [0.1, 0.15) is 0 Å². The van der Waals surface area contributed by atoms with Crippen molar-refractivity contribution in [1.82, 2.24) is 4.90 Å². The molecule has 1 aliphatic heterocycles. The number of rotatable bonds is 10. The number of allylic oxidation sites excluding steroid dienone is 2. The van der Waals surface area contributed by atoms with Gasteiger partial charge in [-0.1, -0.05) is 70.6 Å². The monoisotopic (exact) mass is 247 g/mol. The standard InChI is InChI=1S/C17H29N/c1-3-5-6-7-8-9-10-11-14-18-15-12-13-17(4-2)16-18/h4,12-13,15H,2-3,5-11,14,16H2,1H3. The smallest absolute Gasteiger partial charge is 0.0423 e. The summed E-state index contributed by atoms with van der Waals surface area (Å²) in [6, 6.07) is 0. The highest BCUT2D eigenvalue weighted by atomic mass is 15.1. The molecule has 1 heterocycles. The molecule has 0 bridgehead atoms. The molecule has 1 heteroatoms. The lowest BCUT2D eigenvalue weighted by Gasteiger charge is -2.23. The molecule has 0 aromatic heterocycles. The number of unbranched alkanes of at least 4 members (excludes halogenated alkanes) is 7. The third-order valence-corrected chi connectivity index (χ3v) is 3.55. The Morgan fingerprint density at radius 3 is 2.44 bits per heavy atom. The zero-order chi connectivity index (χ0) is 13.1. The molecule has 0 saturated carbocycles. The minimum absolute atomic E-state index is 1.04. The van der Waals surface area contributed by atoms with Crippen LogP contribution < -0.4 is 0 Å². The highest BCUT2D eigenvalue weighted by Gasteiger charge is 2.04. The minimum atomic E-state index is 1.04. The third-order valence-electron chi connectivity index (χ3n) is 3.55. The number of nitrogens with zero attached hydrogens (tertiary/aromatic N) is 1. The minimum Gasteiger partial charge on any atom is -0.373 e. The van der Waals surface area contributed by atoms with Crippen LogP contribution in [0.1, 0.15) is 58.3 Å². The van der Waals surface area contributed by atoms with Crippen molar-refractivity contribution in [2.45, 2.75) is 58.3 Å². The molecule has 0 spiro atoms. The van der Waals surface area contributed by atoms with E-state index in [2.05, 4.69) is 36.8 Å². The first-order chi connectivity index (χ1) is 8.86. The highest BCUT2D eigenvalue weighted by Crippen LogP contribution is 2.11. The summed E-state index contributed by atoms with van der Waals surface area (Å²) in [7, 11) is 0. The predicted octanol–water partition coefficient (Wildman–Crippen LogP) is 5.07. The van der Waals surface area contributed by atoms with Crippen LogP contribution in [0.25, 0.3) is 0 Å². The molecule has 102 valence electrons. The van der Waals surface area contributed by atoms with Crippen molar-refractivity contribution in [1.29, 1.82) is 0 Å². The Balaban J connectivity index is 1.94. The second-order valence-corrected chi connectivity index (χ2v) is 5.23. The number of hydrogen-bond donors (Lipinski definition) is 0. The van der Waals surface area contributed by atoms with Gasteiger partial charge in [-0.2, -0.15) is 0 Å². The van der Waals surface area contributed by atoms with E-state index in [-0.39, 0.29) is 0 Å². The summed E-state index contributed by atoms with van der Waals surface area (Å²) in [5.74, 6) is 0. The molecular weight excluding hydrogens is 218 g/mol. The molecule has 0 radical (unpaired) electrons. The van der Waals surface area contributed by atoms with Crippen LogP contribution in [0.15, 0.2) is 36.6 Å². The average molecular weight is 247 g/mol. The van der Waals surface area contributed by atoms with Crippen LogP contribution in [-0.2, 0) is 0 Å². The van der Waals surface area contributed by atoms with Gasteiger partial charge >= 0.3 is 0 Å². The van der Waals surface area contributed by atoms with Crippen molar-refractivity contribution >= 4 is 0 Å². The zero-order valence-electron chi connectivity index (χ0n) is 12.0. The molecule has 0 amide bonds. The fourth-order valence-corrected chi connectivity index (χ4v) is 2.36. The van der Waals surface area contributed by atoms with Crippen molar-refractivity contribution in [3.8, 4) is 0 Å². The van der Waals surface area contributed by atoms with Gasteiger partial charge in [-0.3, -0.25) is 0 Å². The van der Waals surface area contributed by atoms with Crippen LogP contribution in [0.3, 0.4) is 0 Å². The molecule has 1 aliphatic rings. The van der Waals surface area contributed by atoms with E-state index in [1.54, 1.807) is 0 Å². The predicted molar refractivity (Wildman–Crippen MR) is 81.6 cm³/mol. The lowest BCUT2D eigenvalue weighted by molar-refractivity contribution is 0.386. The number of hydrogen-bond acceptors (Lipinski definition) is 1. The molecule has 0 fully saturated rings. The SMILES string of the molecule is C=CC1=CC=CN(CCCCCCCCCC)C1. The van der Waals surface area contributed by atoms with Crippen molar-refractivity contribution in [3.05, 3.63) is 36.6 Å². The quantitative estimate of drug-likeness (QED) is 0.487. The maximum absolute atomic E-state index is 3.84. The van der Waals surface area contributed by atoms with Gasteiger partial charge in [0.05, 0.1) is 0 Å². The van der Waals surface area contributed by atoms with E-state index in [1.165, 1.54) is 63.5 Å². The van der Waals surface area contributed by atoms with Crippen LogP contribution in [-0.4, -0.2) is 18.0 Å². The summed E-state index contributed by atoms with van der Waals surface area (Å²) in [5.41, 5.74) is 1.33. The molecule has 0 unspecified atom stereocenters. The van der Waals surface area contributed by atoms with E-state index in [4.69, 9.17) is 0 Å². The Morgan fingerprint density at radius 2 is 1.78 bits per heavy atom. The van der Waals surface area contributed by atoms with E-state index in [0.29, 0.717) is 0 Å². The lowest BCUT2D eigenvalue weighted by Crippen LogP contribution is -2.22. The summed E-state index contributed by atoms with van der Waals surface area (Å²) in [6.07, 6.45) is 19.6. The van der Waals surface area contributed by atoms with Gasteiger partial charge in [0.2, 0.25) is 0 Å². The topological polar surface area (TPSA) is 3.24 Å². The first-order valence-electron chi connectivity index (χ1n) is 7.60. The van der Waals surface area contributed by atoms with E-state index in [1.807, 2.05) is 6.08 Å². The summed E-state index contributed by atoms with van der Waals surface area (Å²) in [4.78, 5) is 2.40. The van der Waals surface area contributed by atoms with Crippen LogP contribution in [0.2, 0.25) is 0 Å². The molecule has 0 aliphatic carbocycles. The van der Waals surface area contributed by atoms with Crippen LogP contribution in [0, 0.1) is 0 Å². The second-order valence-electron chi connectivity index (χ2n) is 5.23. The first kappa shape index (κ1) is 15.1. The summed E-state index contributed by atoms with van der Waals surface area (Å²) >= 11 is 0. The molecule has 18 heavy (non-hydrogen) atoms. The highest BCUT2D eigenvalue weighted by molar-refractivity contribution is 5.26. The van der Waals surface area contributed by atoms with Crippen molar-refractivity contribution in [3.63, 3.8) is 0 Å². The first-order valence-corrected chi connectivity index (χ1v) is 7.60. The normalized spacial score (nSPS) is 14.7. The fraction of sp³-hybridized carbons (Fsp3) is 0.647.